The van der Waals surface area contributed by atoms with Crippen LogP contribution in [-0.2, 0) is 0 Å². The molecule has 0 saturated carbocycles. The smallest absolute Gasteiger partial charge is 0.0779 e. The number of hydrogen-bond acceptors (Lipinski definition) is 0. The molecule has 0 N–H and O–H groups in total. The average molecular weight is 228 g/mol. The summed E-state index contributed by atoms with van der Waals surface area (Å²) in [6.45, 7) is 7.05. The molecule has 1 atom stereocenters. The molecule has 0 nitrogen and oxygen atoms in total. The fourth-order valence-electron chi connectivity index (χ4n) is 2.47. The molecule has 1 aliphatic rings. The molecule has 1 aromatic carbocycles. The monoisotopic (exact) mass is 228 g/mol. The number of benzene rings is 1. The van der Waals surface area contributed by atoms with E-state index in [1.165, 1.54) is 18.0 Å². The first-order chi connectivity index (χ1) is 7.66. The van der Waals surface area contributed by atoms with Crippen molar-refractivity contribution < 1.29 is 0 Å². The third-order valence-electron chi connectivity index (χ3n) is 3.87. The first-order valence-electron chi connectivity index (χ1n) is 6.10. The van der Waals surface area contributed by atoms with E-state index in [9.17, 15) is 0 Å². The van der Waals surface area contributed by atoms with Gasteiger partial charge in [-0.1, -0.05) is 78.0 Å². The molecule has 0 aromatic heterocycles. The summed E-state index contributed by atoms with van der Waals surface area (Å²) in [5.41, 5.74) is 1.44. The molecule has 0 heterocycles. The second kappa shape index (κ2) is 4.42. The van der Waals surface area contributed by atoms with Crippen molar-refractivity contribution in [2.75, 3.05) is 0 Å². The van der Waals surface area contributed by atoms with Gasteiger partial charge in [0.05, 0.1) is 0 Å². The van der Waals surface area contributed by atoms with Gasteiger partial charge in [-0.25, -0.2) is 0 Å². The van der Waals surface area contributed by atoms with E-state index in [4.69, 9.17) is 0 Å². The molecule has 84 valence electrons. The molecular formula is C15H20Si. The van der Waals surface area contributed by atoms with Crippen LogP contribution in [0.1, 0.15) is 20.3 Å². The maximum atomic E-state index is 2.50. The van der Waals surface area contributed by atoms with Gasteiger partial charge in [0, 0.05) is 0 Å². The Labute approximate surface area is 99.7 Å². The maximum Gasteiger partial charge on any atom is 0.110 e. The molecule has 0 aliphatic heterocycles. The highest BCUT2D eigenvalue weighted by Crippen LogP contribution is 2.28. The van der Waals surface area contributed by atoms with Gasteiger partial charge >= 0.3 is 0 Å². The van der Waals surface area contributed by atoms with Gasteiger partial charge < -0.3 is 0 Å². The summed E-state index contributed by atoms with van der Waals surface area (Å²) in [4.78, 5) is 0. The van der Waals surface area contributed by atoms with Gasteiger partial charge in [0.1, 0.15) is 8.07 Å². The van der Waals surface area contributed by atoms with E-state index in [0.29, 0.717) is 0 Å². The third kappa shape index (κ3) is 1.92. The maximum absolute atomic E-state index is 2.50. The Hall–Kier alpha value is -1.08. The Morgan fingerprint density at radius 2 is 1.88 bits per heavy atom. The van der Waals surface area contributed by atoms with Crippen molar-refractivity contribution in [2.45, 2.75) is 32.9 Å². The van der Waals surface area contributed by atoms with E-state index in [-0.39, 0.29) is 0 Å². The lowest BCUT2D eigenvalue weighted by molar-refractivity contribution is 1.29. The predicted octanol–water partition coefficient (Wildman–Crippen LogP) is 3.81. The Morgan fingerprint density at radius 1 is 1.19 bits per heavy atom. The van der Waals surface area contributed by atoms with E-state index in [1.807, 2.05) is 0 Å². The Balaban J connectivity index is 2.38. The highest BCUT2D eigenvalue weighted by molar-refractivity contribution is 6.96. The van der Waals surface area contributed by atoms with Crippen molar-refractivity contribution in [3.8, 4) is 0 Å². The molecule has 16 heavy (non-hydrogen) atoms. The largest absolute Gasteiger partial charge is 0.110 e. The van der Waals surface area contributed by atoms with Crippen molar-refractivity contribution in [2.24, 2.45) is 0 Å². The molecule has 1 aliphatic carbocycles. The molecule has 0 fully saturated rings. The van der Waals surface area contributed by atoms with E-state index >= 15 is 0 Å². The second-order valence-electron chi connectivity index (χ2n) is 4.87. The quantitative estimate of drug-likeness (QED) is 0.690. The van der Waals surface area contributed by atoms with Crippen LogP contribution in [0.15, 0.2) is 53.3 Å². The Bertz CT molecular complexity index is 428. The minimum Gasteiger partial charge on any atom is -0.0779 e. The molecule has 0 radical (unpaired) electrons. The molecule has 1 heteroatoms. The zero-order chi connectivity index (χ0) is 11.6. The SMILES string of the molecule is CC[Si](C)(C1=CC(C)=CC1)c1ccccc1. The summed E-state index contributed by atoms with van der Waals surface area (Å²) in [5.74, 6) is 0. The fraction of sp³-hybridized carbons (Fsp3) is 0.333. The Morgan fingerprint density at radius 3 is 2.38 bits per heavy atom. The molecular weight excluding hydrogens is 208 g/mol. The van der Waals surface area contributed by atoms with Crippen LogP contribution in [0.5, 0.6) is 0 Å². The summed E-state index contributed by atoms with van der Waals surface area (Å²) in [5, 5.41) is 3.27. The van der Waals surface area contributed by atoms with E-state index in [0.717, 1.165) is 0 Å². The predicted molar refractivity (Wildman–Crippen MR) is 74.6 cm³/mol. The highest BCUT2D eigenvalue weighted by Gasteiger charge is 2.32. The van der Waals surface area contributed by atoms with Gasteiger partial charge in [-0.15, -0.1) is 0 Å². The third-order valence-corrected chi connectivity index (χ3v) is 8.66. The van der Waals surface area contributed by atoms with Crippen LogP contribution in [-0.4, -0.2) is 8.07 Å². The zero-order valence-corrected chi connectivity index (χ0v) is 11.5. The molecule has 0 bridgehead atoms. The van der Waals surface area contributed by atoms with Crippen LogP contribution in [0, 0.1) is 0 Å². The second-order valence-corrected chi connectivity index (χ2v) is 9.46. The first kappa shape index (κ1) is 11.4. The normalized spacial score (nSPS) is 18.9. The van der Waals surface area contributed by atoms with E-state index < -0.39 is 8.07 Å². The summed E-state index contributed by atoms with van der Waals surface area (Å²) < 4.78 is 0. The van der Waals surface area contributed by atoms with E-state index in [1.54, 1.807) is 10.4 Å². The highest BCUT2D eigenvalue weighted by atomic mass is 28.3. The lowest BCUT2D eigenvalue weighted by Gasteiger charge is -2.28. The van der Waals surface area contributed by atoms with Gasteiger partial charge in [-0.05, 0) is 13.3 Å². The molecule has 0 amide bonds. The lowest BCUT2D eigenvalue weighted by Crippen LogP contribution is -2.45. The van der Waals surface area contributed by atoms with Crippen LogP contribution < -0.4 is 5.19 Å². The topological polar surface area (TPSA) is 0 Å². The lowest BCUT2D eigenvalue weighted by atomic mass is 10.3. The number of allylic oxidation sites excluding steroid dienone is 4. The minimum absolute atomic E-state index is 1.18. The number of rotatable bonds is 3. The van der Waals surface area contributed by atoms with Crippen LogP contribution in [0.3, 0.4) is 0 Å². The van der Waals surface area contributed by atoms with Crippen LogP contribution >= 0.6 is 0 Å². The first-order valence-corrected chi connectivity index (χ1v) is 8.81. The van der Waals surface area contributed by atoms with Crippen LogP contribution in [0.25, 0.3) is 0 Å². The molecule has 0 spiro atoms. The van der Waals surface area contributed by atoms with Crippen molar-refractivity contribution in [3.05, 3.63) is 53.3 Å². The van der Waals surface area contributed by atoms with Gasteiger partial charge in [-0.3, -0.25) is 0 Å². The van der Waals surface area contributed by atoms with Gasteiger partial charge in [0.25, 0.3) is 0 Å². The molecule has 1 unspecified atom stereocenters. The van der Waals surface area contributed by atoms with Crippen LogP contribution in [0.2, 0.25) is 12.6 Å². The van der Waals surface area contributed by atoms with Crippen molar-refractivity contribution in [1.29, 1.82) is 0 Å². The minimum atomic E-state index is -1.40. The summed E-state index contributed by atoms with van der Waals surface area (Å²) in [7, 11) is -1.40. The van der Waals surface area contributed by atoms with Crippen molar-refractivity contribution in [3.63, 3.8) is 0 Å². The van der Waals surface area contributed by atoms with Crippen molar-refractivity contribution in [1.82, 2.24) is 0 Å². The summed E-state index contributed by atoms with van der Waals surface area (Å²) >= 11 is 0. The fourth-order valence-corrected chi connectivity index (χ4v) is 5.73. The summed E-state index contributed by atoms with van der Waals surface area (Å²) in [6.07, 6.45) is 5.96. The number of hydrogen-bond donors (Lipinski definition) is 0. The molecule has 0 saturated heterocycles. The van der Waals surface area contributed by atoms with Gasteiger partial charge in [0.15, 0.2) is 0 Å². The summed E-state index contributed by atoms with van der Waals surface area (Å²) in [6, 6.07) is 12.4. The van der Waals surface area contributed by atoms with Gasteiger partial charge in [-0.2, -0.15) is 0 Å². The van der Waals surface area contributed by atoms with Gasteiger partial charge in [0.2, 0.25) is 0 Å². The molecule has 2 rings (SSSR count). The average Bonchev–Trinajstić information content (AvgIpc) is 2.76. The molecule has 1 aromatic rings. The van der Waals surface area contributed by atoms with Crippen molar-refractivity contribution >= 4 is 13.3 Å². The Kier molecular flexibility index (Phi) is 3.15. The van der Waals surface area contributed by atoms with Crippen LogP contribution in [0.4, 0.5) is 0 Å². The van der Waals surface area contributed by atoms with E-state index in [2.05, 4.69) is 62.9 Å². The zero-order valence-electron chi connectivity index (χ0n) is 10.5. The standard InChI is InChI=1S/C15H20Si/c1-4-16(3,14-8-6-5-7-9-14)15-11-10-13(2)12-15/h5-10,12H,4,11H2,1-3H3.